The molecule has 6 heteroatoms. The van der Waals surface area contributed by atoms with E-state index in [1.54, 1.807) is 6.07 Å². The Hall–Kier alpha value is -2.86. The van der Waals surface area contributed by atoms with Crippen molar-refractivity contribution in [3.8, 4) is 12.1 Å². The maximum atomic E-state index is 11.8. The first-order valence-corrected chi connectivity index (χ1v) is 5.60. The molecule has 0 bridgehead atoms. The molecule has 1 atom stereocenters. The highest BCUT2D eigenvalue weighted by atomic mass is 16.2. The Morgan fingerprint density at radius 3 is 2.53 bits per heavy atom. The molecule has 0 spiro atoms. The van der Waals surface area contributed by atoms with Gasteiger partial charge in [-0.3, -0.25) is 9.59 Å². The first-order valence-electron chi connectivity index (χ1n) is 5.60. The number of hydrogen-bond acceptors (Lipinski definition) is 4. The number of nitrogens with two attached hydrogens (primary N) is 1. The lowest BCUT2D eigenvalue weighted by molar-refractivity contribution is -0.123. The first-order chi connectivity index (χ1) is 9.06. The number of nitrogens with zero attached hydrogens (tertiary/aromatic N) is 3. The van der Waals surface area contributed by atoms with E-state index >= 15 is 0 Å². The lowest BCUT2D eigenvalue weighted by Crippen LogP contribution is -2.28. The highest BCUT2D eigenvalue weighted by molar-refractivity contribution is 6.00. The third-order valence-electron chi connectivity index (χ3n) is 3.08. The van der Waals surface area contributed by atoms with Crippen LogP contribution in [-0.4, -0.2) is 18.4 Å². The fraction of sp³-hybridized carbons (Fsp3) is 0.231. The summed E-state index contributed by atoms with van der Waals surface area (Å²) in [6, 6.07) is 8.35. The summed E-state index contributed by atoms with van der Waals surface area (Å²) in [5.41, 5.74) is 6.15. The van der Waals surface area contributed by atoms with E-state index in [0.717, 1.165) is 0 Å². The summed E-state index contributed by atoms with van der Waals surface area (Å²) in [5, 5.41) is 17.8. The monoisotopic (exact) mass is 254 g/mol. The zero-order valence-corrected chi connectivity index (χ0v) is 9.96. The SMILES string of the molecule is N#Cc1ccc(N2CC(C(N)=O)CC2=O)cc1C#N. The van der Waals surface area contributed by atoms with Gasteiger partial charge in [-0.25, -0.2) is 0 Å². The van der Waals surface area contributed by atoms with Gasteiger partial charge in [0.1, 0.15) is 12.1 Å². The van der Waals surface area contributed by atoms with E-state index < -0.39 is 11.8 Å². The number of amides is 2. The van der Waals surface area contributed by atoms with Crippen molar-refractivity contribution in [3.05, 3.63) is 29.3 Å². The van der Waals surface area contributed by atoms with E-state index in [9.17, 15) is 9.59 Å². The van der Waals surface area contributed by atoms with E-state index in [1.165, 1.54) is 17.0 Å². The van der Waals surface area contributed by atoms with E-state index in [0.29, 0.717) is 5.69 Å². The van der Waals surface area contributed by atoms with Crippen molar-refractivity contribution in [2.75, 3.05) is 11.4 Å². The quantitative estimate of drug-likeness (QED) is 0.816. The van der Waals surface area contributed by atoms with Crippen LogP contribution < -0.4 is 10.6 Å². The molecular weight excluding hydrogens is 244 g/mol. The molecule has 1 aromatic rings. The molecule has 1 heterocycles. The summed E-state index contributed by atoms with van der Waals surface area (Å²) >= 11 is 0. The van der Waals surface area contributed by atoms with E-state index in [-0.39, 0.29) is 30.0 Å². The number of rotatable bonds is 2. The van der Waals surface area contributed by atoms with Gasteiger partial charge in [-0.1, -0.05) is 0 Å². The van der Waals surface area contributed by atoms with Gasteiger partial charge in [0.25, 0.3) is 0 Å². The Bertz CT molecular complexity index is 639. The molecular formula is C13H10N4O2. The topological polar surface area (TPSA) is 111 Å². The van der Waals surface area contributed by atoms with E-state index in [2.05, 4.69) is 0 Å². The zero-order chi connectivity index (χ0) is 14.0. The van der Waals surface area contributed by atoms with Gasteiger partial charge in [-0.05, 0) is 18.2 Å². The van der Waals surface area contributed by atoms with Crippen LogP contribution in [-0.2, 0) is 9.59 Å². The molecule has 2 rings (SSSR count). The van der Waals surface area contributed by atoms with Crippen LogP contribution in [0.5, 0.6) is 0 Å². The van der Waals surface area contributed by atoms with Crippen molar-refractivity contribution in [1.82, 2.24) is 0 Å². The van der Waals surface area contributed by atoms with Crippen molar-refractivity contribution >= 4 is 17.5 Å². The Kier molecular flexibility index (Phi) is 3.17. The molecule has 1 saturated heterocycles. The number of nitriles is 2. The highest BCUT2D eigenvalue weighted by Gasteiger charge is 2.34. The summed E-state index contributed by atoms with van der Waals surface area (Å²) in [5.74, 6) is -1.23. The third-order valence-corrected chi connectivity index (χ3v) is 3.08. The summed E-state index contributed by atoms with van der Waals surface area (Å²) < 4.78 is 0. The second kappa shape index (κ2) is 4.79. The van der Waals surface area contributed by atoms with E-state index in [1.807, 2.05) is 12.1 Å². The Morgan fingerprint density at radius 1 is 1.32 bits per heavy atom. The van der Waals surface area contributed by atoms with Crippen LogP contribution in [0.2, 0.25) is 0 Å². The molecule has 1 unspecified atom stereocenters. The molecule has 6 nitrogen and oxygen atoms in total. The van der Waals surface area contributed by atoms with E-state index in [4.69, 9.17) is 16.3 Å². The minimum Gasteiger partial charge on any atom is -0.369 e. The molecule has 0 saturated carbocycles. The van der Waals surface area contributed by atoms with Crippen molar-refractivity contribution in [2.24, 2.45) is 11.7 Å². The number of benzene rings is 1. The van der Waals surface area contributed by atoms with Crippen LogP contribution >= 0.6 is 0 Å². The summed E-state index contributed by atoms with van der Waals surface area (Å²) in [6.07, 6.45) is 0.0806. The Balaban J connectivity index is 2.34. The first kappa shape index (κ1) is 12.6. The van der Waals surface area contributed by atoms with Gasteiger partial charge in [0.05, 0.1) is 17.0 Å². The molecule has 1 aliphatic rings. The average Bonchev–Trinajstić information content (AvgIpc) is 2.80. The molecule has 2 N–H and O–H groups in total. The second-order valence-electron chi connectivity index (χ2n) is 4.26. The van der Waals surface area contributed by atoms with Crippen LogP contribution in [0.15, 0.2) is 18.2 Å². The Labute approximate surface area is 109 Å². The lowest BCUT2D eigenvalue weighted by Gasteiger charge is -2.16. The standard InChI is InChI=1S/C13H10N4O2/c14-5-8-1-2-11(3-9(8)6-15)17-7-10(13(16)19)4-12(17)18/h1-3,10H,4,7H2,(H2,16,19). The number of carbonyl (C=O) groups excluding carboxylic acids is 2. The third kappa shape index (κ3) is 2.24. The van der Waals surface area contributed by atoms with Gasteiger partial charge in [0.2, 0.25) is 11.8 Å². The number of hydrogen-bond donors (Lipinski definition) is 1. The summed E-state index contributed by atoms with van der Waals surface area (Å²) in [4.78, 5) is 24.3. The molecule has 1 aromatic carbocycles. The van der Waals surface area contributed by atoms with Gasteiger partial charge in [0.15, 0.2) is 0 Å². The predicted molar refractivity (Wildman–Crippen MR) is 65.5 cm³/mol. The second-order valence-corrected chi connectivity index (χ2v) is 4.26. The van der Waals surface area contributed by atoms with Crippen molar-refractivity contribution in [2.45, 2.75) is 6.42 Å². The molecule has 0 aliphatic carbocycles. The van der Waals surface area contributed by atoms with Crippen LogP contribution in [0.3, 0.4) is 0 Å². The maximum Gasteiger partial charge on any atom is 0.227 e. The highest BCUT2D eigenvalue weighted by Crippen LogP contribution is 2.26. The van der Waals surface area contributed by atoms with Crippen molar-refractivity contribution in [1.29, 1.82) is 10.5 Å². The van der Waals surface area contributed by atoms with Gasteiger partial charge in [0, 0.05) is 18.7 Å². The van der Waals surface area contributed by atoms with Gasteiger partial charge < -0.3 is 10.6 Å². The summed E-state index contributed by atoms with van der Waals surface area (Å²) in [6.45, 7) is 0.213. The van der Waals surface area contributed by atoms with Crippen LogP contribution in [0.4, 0.5) is 5.69 Å². The molecule has 2 amide bonds. The van der Waals surface area contributed by atoms with Crippen molar-refractivity contribution in [3.63, 3.8) is 0 Å². The average molecular weight is 254 g/mol. The minimum absolute atomic E-state index is 0.0806. The van der Waals surface area contributed by atoms with Gasteiger partial charge >= 0.3 is 0 Å². The molecule has 0 radical (unpaired) electrons. The van der Waals surface area contributed by atoms with Gasteiger partial charge in [-0.2, -0.15) is 10.5 Å². The molecule has 0 aromatic heterocycles. The number of carbonyl (C=O) groups is 2. The number of anilines is 1. The maximum absolute atomic E-state index is 11.8. The fourth-order valence-corrected chi connectivity index (χ4v) is 2.04. The predicted octanol–water partition coefficient (Wildman–Crippen LogP) is 0.268. The Morgan fingerprint density at radius 2 is 2.00 bits per heavy atom. The van der Waals surface area contributed by atoms with Crippen LogP contribution in [0.1, 0.15) is 17.5 Å². The summed E-state index contributed by atoms with van der Waals surface area (Å²) in [7, 11) is 0. The fourth-order valence-electron chi connectivity index (χ4n) is 2.04. The lowest BCUT2D eigenvalue weighted by atomic mass is 10.1. The molecule has 1 aliphatic heterocycles. The molecule has 94 valence electrons. The van der Waals surface area contributed by atoms with Gasteiger partial charge in [-0.15, -0.1) is 0 Å². The smallest absolute Gasteiger partial charge is 0.227 e. The van der Waals surface area contributed by atoms with Crippen molar-refractivity contribution < 1.29 is 9.59 Å². The van der Waals surface area contributed by atoms with Crippen LogP contribution in [0, 0.1) is 28.6 Å². The largest absolute Gasteiger partial charge is 0.369 e. The molecule has 1 fully saturated rings. The minimum atomic E-state index is -0.509. The number of primary amides is 1. The normalized spacial score (nSPS) is 17.9. The molecule has 19 heavy (non-hydrogen) atoms. The van der Waals surface area contributed by atoms with Crippen LogP contribution in [0.25, 0.3) is 0 Å². The zero-order valence-electron chi connectivity index (χ0n) is 9.96.